The molecule has 0 heterocycles. The number of hydrogen-bond acceptors (Lipinski definition) is 1. The zero-order valence-corrected chi connectivity index (χ0v) is 4.37. The zero-order valence-electron chi connectivity index (χ0n) is 3.61. The van der Waals surface area contributed by atoms with Crippen LogP contribution in [0.25, 0.3) is 0 Å². The van der Waals surface area contributed by atoms with Gasteiger partial charge in [-0.3, -0.25) is 0 Å². The van der Waals surface area contributed by atoms with Gasteiger partial charge in [-0.15, -0.1) is 11.6 Å². The summed E-state index contributed by atoms with van der Waals surface area (Å²) in [4.78, 5) is 0. The van der Waals surface area contributed by atoms with Gasteiger partial charge in [0.1, 0.15) is 5.38 Å². The SMILES string of the molecule is CC[C@H](Cl)C#N. The Labute approximate surface area is 42.5 Å². The summed E-state index contributed by atoms with van der Waals surface area (Å²) in [5.41, 5.74) is 0. The predicted molar refractivity (Wildman–Crippen MR) is 25.5 cm³/mol. The molecule has 6 heavy (non-hydrogen) atoms. The molecule has 0 aromatic heterocycles. The number of halogens is 1. The first-order valence-corrected chi connectivity index (χ1v) is 2.28. The summed E-state index contributed by atoms with van der Waals surface area (Å²) in [7, 11) is 0. The molecule has 0 aliphatic carbocycles. The van der Waals surface area contributed by atoms with Crippen LogP contribution in [0.1, 0.15) is 13.3 Å². The lowest BCUT2D eigenvalue weighted by Crippen LogP contribution is -1.86. The lowest BCUT2D eigenvalue weighted by Gasteiger charge is -1.84. The topological polar surface area (TPSA) is 23.8 Å². The smallest absolute Gasteiger partial charge is 0.120 e. The maximum absolute atomic E-state index is 7.95. The number of rotatable bonds is 1. The minimum atomic E-state index is -0.287. The molecule has 0 aliphatic rings. The van der Waals surface area contributed by atoms with Crippen LogP contribution in [0.3, 0.4) is 0 Å². The normalized spacial score (nSPS) is 12.8. The van der Waals surface area contributed by atoms with E-state index in [-0.39, 0.29) is 5.38 Å². The van der Waals surface area contributed by atoms with Crippen LogP contribution in [0.4, 0.5) is 0 Å². The summed E-state index contributed by atoms with van der Waals surface area (Å²) in [6.45, 7) is 1.88. The van der Waals surface area contributed by atoms with Gasteiger partial charge in [0.25, 0.3) is 0 Å². The number of nitrogens with zero attached hydrogens (tertiary/aromatic N) is 1. The number of nitriles is 1. The third kappa shape index (κ3) is 2.04. The fraction of sp³-hybridized carbons (Fsp3) is 0.750. The van der Waals surface area contributed by atoms with Crippen molar-refractivity contribution in [3.05, 3.63) is 0 Å². The predicted octanol–water partition coefficient (Wildman–Crippen LogP) is 1.53. The Kier molecular flexibility index (Phi) is 2.88. The maximum Gasteiger partial charge on any atom is 0.120 e. The molecule has 0 bridgehead atoms. The Bertz CT molecular complexity index is 64.4. The molecule has 34 valence electrons. The summed E-state index contributed by atoms with van der Waals surface area (Å²) < 4.78 is 0. The Morgan fingerprint density at radius 3 is 2.50 bits per heavy atom. The lowest BCUT2D eigenvalue weighted by molar-refractivity contribution is 0.976. The van der Waals surface area contributed by atoms with Crippen LogP contribution in [0, 0.1) is 11.3 Å². The third-order valence-corrected chi connectivity index (χ3v) is 0.905. The molecule has 0 spiro atoms. The highest BCUT2D eigenvalue weighted by Gasteiger charge is 1.91. The number of alkyl halides is 1. The molecular formula is C4H6ClN. The summed E-state index contributed by atoms with van der Waals surface area (Å²) >= 11 is 5.29. The van der Waals surface area contributed by atoms with Gasteiger partial charge < -0.3 is 0 Å². The quantitative estimate of drug-likeness (QED) is 0.462. The van der Waals surface area contributed by atoms with E-state index in [1.54, 1.807) is 0 Å². The van der Waals surface area contributed by atoms with Crippen LogP contribution >= 0.6 is 11.6 Å². The molecule has 0 aromatic carbocycles. The minimum absolute atomic E-state index is 0.287. The summed E-state index contributed by atoms with van der Waals surface area (Å²) in [5.74, 6) is 0. The van der Waals surface area contributed by atoms with Crippen LogP contribution < -0.4 is 0 Å². The zero-order chi connectivity index (χ0) is 4.99. The molecule has 0 fully saturated rings. The molecule has 0 amide bonds. The molecule has 0 saturated carbocycles. The van der Waals surface area contributed by atoms with E-state index in [1.165, 1.54) is 0 Å². The highest BCUT2D eigenvalue weighted by atomic mass is 35.5. The Morgan fingerprint density at radius 2 is 2.50 bits per heavy atom. The Hall–Kier alpha value is -0.220. The molecule has 0 rings (SSSR count). The van der Waals surface area contributed by atoms with Crippen molar-refractivity contribution < 1.29 is 0 Å². The van der Waals surface area contributed by atoms with Gasteiger partial charge in [0.2, 0.25) is 0 Å². The number of hydrogen-bond donors (Lipinski definition) is 0. The van der Waals surface area contributed by atoms with Gasteiger partial charge in [0.05, 0.1) is 6.07 Å². The lowest BCUT2D eigenvalue weighted by atomic mass is 10.4. The molecule has 0 aromatic rings. The van der Waals surface area contributed by atoms with E-state index >= 15 is 0 Å². The molecule has 2 heteroatoms. The minimum Gasteiger partial charge on any atom is -0.197 e. The highest BCUT2D eigenvalue weighted by molar-refractivity contribution is 6.22. The fourth-order valence-corrected chi connectivity index (χ4v) is 0.0913. The maximum atomic E-state index is 7.95. The molecule has 0 N–H and O–H groups in total. The van der Waals surface area contributed by atoms with Gasteiger partial charge in [-0.2, -0.15) is 5.26 Å². The molecule has 0 radical (unpaired) electrons. The van der Waals surface area contributed by atoms with Crippen molar-refractivity contribution in [2.75, 3.05) is 0 Å². The van der Waals surface area contributed by atoms with Gasteiger partial charge in [-0.1, -0.05) is 6.92 Å². The third-order valence-electron chi connectivity index (χ3n) is 0.499. The Balaban J connectivity index is 3.04. The molecular weight excluding hydrogens is 97.5 g/mol. The van der Waals surface area contributed by atoms with E-state index in [0.717, 1.165) is 6.42 Å². The first kappa shape index (κ1) is 5.78. The second kappa shape index (κ2) is 2.99. The second-order valence-corrected chi connectivity index (χ2v) is 1.53. The van der Waals surface area contributed by atoms with E-state index in [0.29, 0.717) is 0 Å². The molecule has 0 aliphatic heterocycles. The first-order valence-electron chi connectivity index (χ1n) is 1.85. The van der Waals surface area contributed by atoms with Crippen LogP contribution in [0.2, 0.25) is 0 Å². The monoisotopic (exact) mass is 103 g/mol. The van der Waals surface area contributed by atoms with Crippen molar-refractivity contribution in [3.63, 3.8) is 0 Å². The molecule has 0 saturated heterocycles. The van der Waals surface area contributed by atoms with Crippen molar-refractivity contribution >= 4 is 11.6 Å². The van der Waals surface area contributed by atoms with Crippen molar-refractivity contribution in [3.8, 4) is 6.07 Å². The van der Waals surface area contributed by atoms with Crippen molar-refractivity contribution in [1.82, 2.24) is 0 Å². The molecule has 1 nitrogen and oxygen atoms in total. The largest absolute Gasteiger partial charge is 0.197 e. The summed E-state index contributed by atoms with van der Waals surface area (Å²) in [6, 6.07) is 1.88. The molecule has 1 atom stereocenters. The van der Waals surface area contributed by atoms with Crippen LogP contribution in [0.5, 0.6) is 0 Å². The van der Waals surface area contributed by atoms with Crippen molar-refractivity contribution in [2.45, 2.75) is 18.7 Å². The van der Waals surface area contributed by atoms with Gasteiger partial charge in [0, 0.05) is 0 Å². The van der Waals surface area contributed by atoms with E-state index in [9.17, 15) is 0 Å². The van der Waals surface area contributed by atoms with E-state index < -0.39 is 0 Å². The van der Waals surface area contributed by atoms with Gasteiger partial charge in [-0.25, -0.2) is 0 Å². The van der Waals surface area contributed by atoms with Crippen LogP contribution in [-0.4, -0.2) is 5.38 Å². The molecule has 0 unspecified atom stereocenters. The highest BCUT2D eigenvalue weighted by Crippen LogP contribution is 1.95. The van der Waals surface area contributed by atoms with Crippen LogP contribution in [0.15, 0.2) is 0 Å². The van der Waals surface area contributed by atoms with Gasteiger partial charge in [-0.05, 0) is 6.42 Å². The van der Waals surface area contributed by atoms with Gasteiger partial charge in [0.15, 0.2) is 0 Å². The fourth-order valence-electron chi connectivity index (χ4n) is 0.0913. The average molecular weight is 104 g/mol. The average Bonchev–Trinajstić information content (AvgIpc) is 1.65. The summed E-state index contributed by atoms with van der Waals surface area (Å²) in [6.07, 6.45) is 0.734. The Morgan fingerprint density at radius 1 is 2.00 bits per heavy atom. The summed E-state index contributed by atoms with van der Waals surface area (Å²) in [5, 5.41) is 7.67. The van der Waals surface area contributed by atoms with E-state index in [2.05, 4.69) is 0 Å². The second-order valence-electron chi connectivity index (χ2n) is 1.00. The van der Waals surface area contributed by atoms with E-state index in [4.69, 9.17) is 16.9 Å². The van der Waals surface area contributed by atoms with Crippen molar-refractivity contribution in [2.24, 2.45) is 0 Å². The van der Waals surface area contributed by atoms with E-state index in [1.807, 2.05) is 13.0 Å². The van der Waals surface area contributed by atoms with Gasteiger partial charge >= 0.3 is 0 Å². The van der Waals surface area contributed by atoms with Crippen molar-refractivity contribution in [1.29, 1.82) is 5.26 Å². The standard InChI is InChI=1S/C4H6ClN/c1-2-4(5)3-6/h4H,2H2,1H3/t4-/m0/s1. The first-order chi connectivity index (χ1) is 2.81. The van der Waals surface area contributed by atoms with Crippen LogP contribution in [-0.2, 0) is 0 Å².